The van der Waals surface area contributed by atoms with E-state index in [2.05, 4.69) is 141 Å². The summed E-state index contributed by atoms with van der Waals surface area (Å²) < 4.78 is 1.97. The molecule has 0 aromatic heterocycles. The van der Waals surface area contributed by atoms with E-state index in [0.29, 0.717) is 0 Å². The van der Waals surface area contributed by atoms with Crippen LogP contribution in [0.4, 0.5) is 11.4 Å². The third kappa shape index (κ3) is 4.28. The monoisotopic (exact) mass is 782 g/mol. The largest absolute Gasteiger partial charge is 4.00 e. The van der Waals surface area contributed by atoms with Crippen molar-refractivity contribution in [3.63, 3.8) is 0 Å². The summed E-state index contributed by atoms with van der Waals surface area (Å²) in [7, 11) is 4.44. The van der Waals surface area contributed by atoms with Gasteiger partial charge in [-0.2, -0.15) is 0 Å². The number of nitrogens with zero attached hydrogens (tertiary/aromatic N) is 2. The molecule has 2 aliphatic heterocycles. The van der Waals surface area contributed by atoms with Gasteiger partial charge < -0.3 is 34.6 Å². The zero-order valence-corrected chi connectivity index (χ0v) is 29.4. The van der Waals surface area contributed by atoms with Crippen LogP contribution in [0.15, 0.2) is 79.4 Å². The molecule has 2 nitrogen and oxygen atoms in total. The molecule has 0 amide bonds. The van der Waals surface area contributed by atoms with Gasteiger partial charge in [-0.15, -0.1) is 47.2 Å². The minimum Gasteiger partial charge on any atom is -1.00 e. The Morgan fingerprint density at radius 2 is 1.07 bits per heavy atom. The van der Waals surface area contributed by atoms with E-state index in [-0.39, 0.29) is 63.1 Å². The fraction of sp³-hybridized carbons (Fsp3) is 0.125. The molecule has 0 saturated carbocycles. The first-order valence-electron chi connectivity index (χ1n) is 12.3. The summed E-state index contributed by atoms with van der Waals surface area (Å²) in [6.45, 7) is 0. The second kappa shape index (κ2) is 11.1. The normalized spacial score (nSPS) is 18.2. The third-order valence-electron chi connectivity index (χ3n) is 8.01. The summed E-state index contributed by atoms with van der Waals surface area (Å²) in [4.78, 5) is 7.33. The van der Waals surface area contributed by atoms with E-state index in [1.807, 2.05) is 11.8 Å². The van der Waals surface area contributed by atoms with Crippen molar-refractivity contribution in [2.24, 2.45) is 0 Å². The topological polar surface area (TPSA) is 6.48 Å². The molecule has 2 aliphatic carbocycles. The molecule has 8 heteroatoms. The van der Waals surface area contributed by atoms with Gasteiger partial charge >= 0.3 is 26.2 Å². The van der Waals surface area contributed by atoms with Gasteiger partial charge in [0.05, 0.1) is 0 Å². The van der Waals surface area contributed by atoms with E-state index >= 15 is 0 Å². The first-order chi connectivity index (χ1) is 18.0. The average molecular weight is 787 g/mol. The van der Waals surface area contributed by atoms with E-state index in [1.54, 1.807) is 0 Å². The molecule has 0 N–H and O–H groups in total. The molecule has 4 aromatic carbocycles. The molecular weight excluding hydrogens is 766 g/mol. The Labute approximate surface area is 287 Å². The van der Waals surface area contributed by atoms with Gasteiger partial charge in [-0.05, 0) is 57.5 Å². The zero-order valence-electron chi connectivity index (χ0n) is 21.4. The van der Waals surface area contributed by atoms with Crippen molar-refractivity contribution in [2.45, 2.75) is 21.9 Å². The van der Waals surface area contributed by atoms with Gasteiger partial charge in [0, 0.05) is 12.1 Å². The Kier molecular flexibility index (Phi) is 8.38. The molecule has 4 aliphatic rings. The molecule has 196 valence electrons. The summed E-state index contributed by atoms with van der Waals surface area (Å²) in [6, 6.07) is 29.6. The minimum absolute atomic E-state index is 0. The fourth-order valence-electron chi connectivity index (χ4n) is 6.56. The molecule has 0 bridgehead atoms. The number of rotatable bonds is 2. The Morgan fingerprint density at radius 3 is 1.50 bits per heavy atom. The number of halogens is 4. The molecule has 40 heavy (non-hydrogen) atoms. The van der Waals surface area contributed by atoms with Crippen molar-refractivity contribution >= 4 is 78.3 Å². The number of likely N-dealkylation sites (N-methyl/N-ethyl adjacent to an activating group) is 2. The number of benzene rings is 4. The molecule has 4 aromatic rings. The van der Waals surface area contributed by atoms with Crippen molar-refractivity contribution < 1.29 is 51.0 Å². The first-order valence-corrected chi connectivity index (χ1v) is 14.7. The van der Waals surface area contributed by atoms with Crippen molar-refractivity contribution in [1.82, 2.24) is 0 Å². The van der Waals surface area contributed by atoms with Gasteiger partial charge in [-0.3, -0.25) is 0 Å². The van der Waals surface area contributed by atoms with E-state index in [0.717, 1.165) is 8.95 Å². The summed E-state index contributed by atoms with van der Waals surface area (Å²) in [5.41, 5.74) is 12.9. The van der Waals surface area contributed by atoms with Gasteiger partial charge in [0.15, 0.2) is 0 Å². The van der Waals surface area contributed by atoms with Crippen molar-refractivity contribution in [3.05, 3.63) is 115 Å². The quantitative estimate of drug-likeness (QED) is 0.289. The molecule has 0 radical (unpaired) electrons. The van der Waals surface area contributed by atoms with Crippen molar-refractivity contribution in [2.75, 3.05) is 23.9 Å². The van der Waals surface area contributed by atoms with E-state index < -0.39 is 0 Å². The first kappa shape index (κ1) is 30.2. The predicted molar refractivity (Wildman–Crippen MR) is 161 cm³/mol. The van der Waals surface area contributed by atoms with Crippen LogP contribution in [0.25, 0.3) is 23.3 Å². The second-order valence-electron chi connectivity index (χ2n) is 10.00. The van der Waals surface area contributed by atoms with Crippen LogP contribution in [-0.2, 0) is 26.2 Å². The molecule has 2 atom stereocenters. The average Bonchev–Trinajstić information content (AvgIpc) is 3.59. The predicted octanol–water partition coefficient (Wildman–Crippen LogP) is 3.06. The minimum atomic E-state index is 0. The number of hydrogen-bond donors (Lipinski definition) is 0. The van der Waals surface area contributed by atoms with Crippen LogP contribution in [0.5, 0.6) is 0 Å². The van der Waals surface area contributed by atoms with Crippen LogP contribution in [0, 0.1) is 12.1 Å². The molecule has 2 heterocycles. The number of anilines is 2. The molecule has 0 spiro atoms. The Morgan fingerprint density at radius 1 is 0.675 bits per heavy atom. The van der Waals surface area contributed by atoms with E-state index in [1.165, 1.54) is 65.7 Å². The van der Waals surface area contributed by atoms with Gasteiger partial charge in [0.1, 0.15) is 0 Å². The van der Waals surface area contributed by atoms with Gasteiger partial charge in [0.2, 0.25) is 0 Å². The Balaban J connectivity index is 0.00000108. The SMILES string of the molecule is CN1c2c([c-]c(Br)cc2Sc2cc(Br)[c-]c3c2N(C)C2C3=Cc3ccccc32)C2=Cc3ccccc3C21.[Cl-].[Cl-].[Zr+4]. The maximum absolute atomic E-state index is 3.78. The van der Waals surface area contributed by atoms with Crippen LogP contribution in [0.1, 0.15) is 45.5 Å². The van der Waals surface area contributed by atoms with E-state index in [9.17, 15) is 0 Å². The fourth-order valence-corrected chi connectivity index (χ4v) is 8.99. The van der Waals surface area contributed by atoms with Crippen LogP contribution < -0.4 is 34.6 Å². The Bertz CT molecular complexity index is 1630. The molecule has 8 rings (SSSR count). The van der Waals surface area contributed by atoms with Crippen molar-refractivity contribution in [3.8, 4) is 0 Å². The van der Waals surface area contributed by atoms with Crippen molar-refractivity contribution in [1.29, 1.82) is 0 Å². The third-order valence-corrected chi connectivity index (χ3v) is 9.93. The Hall–Kier alpha value is -1.27. The smallest absolute Gasteiger partial charge is 1.00 e. The van der Waals surface area contributed by atoms with Crippen LogP contribution >= 0.6 is 43.6 Å². The summed E-state index contributed by atoms with van der Waals surface area (Å²) >= 11 is 9.39. The number of fused-ring (bicyclic) bond motifs is 10. The maximum Gasteiger partial charge on any atom is 4.00 e. The number of hydrogen-bond acceptors (Lipinski definition) is 3. The maximum atomic E-state index is 3.78. The van der Waals surface area contributed by atoms with Gasteiger partial charge in [0.25, 0.3) is 0 Å². The molecular formula is C32H20Br2Cl2N2SZr. The second-order valence-corrected chi connectivity index (χ2v) is 12.8. The summed E-state index contributed by atoms with van der Waals surface area (Å²) in [6.07, 6.45) is 4.68. The zero-order chi connectivity index (χ0) is 25.0. The molecule has 2 unspecified atom stereocenters. The van der Waals surface area contributed by atoms with Gasteiger partial charge in [-0.25, -0.2) is 0 Å². The molecule has 0 fully saturated rings. The van der Waals surface area contributed by atoms with E-state index in [4.69, 9.17) is 0 Å². The van der Waals surface area contributed by atoms with Gasteiger partial charge in [-0.1, -0.05) is 113 Å². The molecule has 0 saturated heterocycles. The standard InChI is InChI=1S/C32H20Br2N2S.2ClH.Zr/c1-35-29-21-9-5-3-7-17(21)11-23(29)25-13-19(33)15-27(31(25)35)37-28-16-20(34)14-26-24-12-18-8-4-6-10-22(18)30(24)36(2)32(26)28;;;/h3-12,15-16,29-30H,1-2H3;2*1H;/q-2;;;+4/p-2. The summed E-state index contributed by atoms with van der Waals surface area (Å²) in [5.74, 6) is 0. The summed E-state index contributed by atoms with van der Waals surface area (Å²) in [5, 5.41) is 0. The van der Waals surface area contributed by atoms with Crippen LogP contribution in [0.3, 0.4) is 0 Å². The van der Waals surface area contributed by atoms with Crippen LogP contribution in [0.2, 0.25) is 0 Å². The van der Waals surface area contributed by atoms with Crippen LogP contribution in [-0.4, -0.2) is 14.1 Å².